The molecule has 106 valence electrons. The first-order valence-corrected chi connectivity index (χ1v) is 6.85. The lowest BCUT2D eigenvalue weighted by molar-refractivity contribution is -0.170. The summed E-state index contributed by atoms with van der Waals surface area (Å²) in [5.74, 6) is -1.42. The van der Waals surface area contributed by atoms with Gasteiger partial charge in [-0.3, -0.25) is 9.59 Å². The highest BCUT2D eigenvalue weighted by Gasteiger charge is 2.47. The van der Waals surface area contributed by atoms with Crippen LogP contribution in [0.1, 0.15) is 59.8 Å². The van der Waals surface area contributed by atoms with Crippen LogP contribution < -0.4 is 0 Å². The molecule has 0 spiro atoms. The lowest BCUT2D eigenvalue weighted by Crippen LogP contribution is -2.42. The zero-order valence-electron chi connectivity index (χ0n) is 12.0. The van der Waals surface area contributed by atoms with Crippen LogP contribution in [0.5, 0.6) is 0 Å². The van der Waals surface area contributed by atoms with Gasteiger partial charge < -0.3 is 9.84 Å². The fourth-order valence-electron chi connectivity index (χ4n) is 2.45. The van der Waals surface area contributed by atoms with E-state index >= 15 is 0 Å². The number of carboxylic acids is 1. The molecule has 0 fully saturated rings. The van der Waals surface area contributed by atoms with Crippen molar-refractivity contribution in [2.75, 3.05) is 6.61 Å². The summed E-state index contributed by atoms with van der Waals surface area (Å²) in [6.45, 7) is 7.87. The van der Waals surface area contributed by atoms with Crippen LogP contribution in [0, 0.1) is 11.3 Å². The van der Waals surface area contributed by atoms with Crippen molar-refractivity contribution in [2.24, 2.45) is 11.3 Å². The molecule has 4 heteroatoms. The van der Waals surface area contributed by atoms with Gasteiger partial charge in [0.05, 0.1) is 6.61 Å². The topological polar surface area (TPSA) is 63.6 Å². The van der Waals surface area contributed by atoms with Gasteiger partial charge in [-0.25, -0.2) is 0 Å². The quantitative estimate of drug-likeness (QED) is 0.509. The smallest absolute Gasteiger partial charge is 0.323 e. The van der Waals surface area contributed by atoms with Crippen molar-refractivity contribution < 1.29 is 19.4 Å². The van der Waals surface area contributed by atoms with E-state index < -0.39 is 17.4 Å². The van der Waals surface area contributed by atoms with Gasteiger partial charge in [0.15, 0.2) is 5.41 Å². The molecule has 0 saturated heterocycles. The van der Waals surface area contributed by atoms with E-state index in [1.165, 1.54) is 0 Å². The second-order valence-electron chi connectivity index (χ2n) is 4.96. The van der Waals surface area contributed by atoms with Gasteiger partial charge in [-0.1, -0.05) is 40.0 Å². The number of esters is 1. The Morgan fingerprint density at radius 2 is 1.83 bits per heavy atom. The molecule has 0 aliphatic rings. The molecule has 0 radical (unpaired) electrons. The fourth-order valence-corrected chi connectivity index (χ4v) is 2.45. The maximum Gasteiger partial charge on any atom is 0.323 e. The van der Waals surface area contributed by atoms with Crippen molar-refractivity contribution in [1.82, 2.24) is 0 Å². The lowest BCUT2D eigenvalue weighted by atomic mass is 9.75. The van der Waals surface area contributed by atoms with Gasteiger partial charge in [0, 0.05) is 0 Å². The molecule has 0 aliphatic carbocycles. The van der Waals surface area contributed by atoms with Crippen LogP contribution in [0.15, 0.2) is 0 Å². The molecule has 1 N–H and O–H groups in total. The van der Waals surface area contributed by atoms with E-state index in [0.717, 1.165) is 12.8 Å². The minimum atomic E-state index is -1.36. The first-order chi connectivity index (χ1) is 8.44. The Balaban J connectivity index is 5.08. The Morgan fingerprint density at radius 3 is 2.22 bits per heavy atom. The third kappa shape index (κ3) is 4.31. The minimum Gasteiger partial charge on any atom is -0.480 e. The van der Waals surface area contributed by atoms with Crippen molar-refractivity contribution >= 4 is 11.9 Å². The van der Waals surface area contributed by atoms with Crippen LogP contribution in [-0.4, -0.2) is 23.7 Å². The summed E-state index contributed by atoms with van der Waals surface area (Å²) < 4.78 is 4.98. The van der Waals surface area contributed by atoms with E-state index in [0.29, 0.717) is 19.3 Å². The molecule has 2 atom stereocenters. The highest BCUT2D eigenvalue weighted by atomic mass is 16.5. The molecule has 0 bridgehead atoms. The summed E-state index contributed by atoms with van der Waals surface area (Å²) in [5, 5.41) is 9.47. The van der Waals surface area contributed by atoms with E-state index in [9.17, 15) is 14.7 Å². The number of hydrogen-bond donors (Lipinski definition) is 1. The third-order valence-corrected chi connectivity index (χ3v) is 3.23. The number of carbonyl (C=O) groups is 2. The zero-order chi connectivity index (χ0) is 14.2. The van der Waals surface area contributed by atoms with Gasteiger partial charge in [-0.15, -0.1) is 0 Å². The molecule has 2 unspecified atom stereocenters. The normalized spacial score (nSPS) is 15.8. The highest BCUT2D eigenvalue weighted by Crippen LogP contribution is 2.35. The molecule has 18 heavy (non-hydrogen) atoms. The number of aliphatic carboxylic acids is 1. The Bertz CT molecular complexity index is 275. The summed E-state index contributed by atoms with van der Waals surface area (Å²) in [4.78, 5) is 23.6. The predicted molar refractivity (Wildman–Crippen MR) is 70.3 cm³/mol. The summed E-state index contributed by atoms with van der Waals surface area (Å²) in [7, 11) is 0. The van der Waals surface area contributed by atoms with Crippen molar-refractivity contribution in [3.63, 3.8) is 0 Å². The Hall–Kier alpha value is -1.06. The van der Waals surface area contributed by atoms with Crippen LogP contribution in [0.4, 0.5) is 0 Å². The lowest BCUT2D eigenvalue weighted by Gasteiger charge is -2.29. The number of carboxylic acid groups (broad SMARTS) is 1. The molecular formula is C14H26O4. The standard InChI is InChI=1S/C14H26O4/c1-5-8-11(4)10-14(9-6-2,12(15)16)13(17)18-7-3/h11H,5-10H2,1-4H3,(H,15,16). The van der Waals surface area contributed by atoms with Crippen LogP contribution >= 0.6 is 0 Å². The fraction of sp³-hybridized carbons (Fsp3) is 0.857. The second kappa shape index (κ2) is 8.11. The van der Waals surface area contributed by atoms with E-state index in [1.54, 1.807) is 6.92 Å². The number of ether oxygens (including phenoxy) is 1. The largest absolute Gasteiger partial charge is 0.480 e. The van der Waals surface area contributed by atoms with E-state index in [-0.39, 0.29) is 12.5 Å². The minimum absolute atomic E-state index is 0.210. The number of rotatable bonds is 9. The molecule has 0 amide bonds. The first-order valence-electron chi connectivity index (χ1n) is 6.85. The molecule has 0 aromatic heterocycles. The highest BCUT2D eigenvalue weighted by molar-refractivity contribution is 5.99. The maximum absolute atomic E-state index is 12.0. The SMILES string of the molecule is CCCC(C)CC(CCC)(C(=O)O)C(=O)OCC. The summed E-state index contributed by atoms with van der Waals surface area (Å²) in [5.41, 5.74) is -1.36. The summed E-state index contributed by atoms with van der Waals surface area (Å²) in [6, 6.07) is 0. The van der Waals surface area contributed by atoms with Crippen molar-refractivity contribution in [2.45, 2.75) is 59.8 Å². The molecular weight excluding hydrogens is 232 g/mol. The Morgan fingerprint density at radius 1 is 1.22 bits per heavy atom. The van der Waals surface area contributed by atoms with Crippen LogP contribution in [0.2, 0.25) is 0 Å². The van der Waals surface area contributed by atoms with Crippen LogP contribution in [-0.2, 0) is 14.3 Å². The molecule has 0 heterocycles. The Labute approximate surface area is 110 Å². The van der Waals surface area contributed by atoms with Gasteiger partial charge in [0.2, 0.25) is 0 Å². The van der Waals surface area contributed by atoms with Gasteiger partial charge in [0.1, 0.15) is 0 Å². The predicted octanol–water partition coefficient (Wildman–Crippen LogP) is 3.25. The van der Waals surface area contributed by atoms with E-state index in [2.05, 4.69) is 6.92 Å². The first kappa shape index (κ1) is 16.9. The molecule has 0 rings (SSSR count). The zero-order valence-corrected chi connectivity index (χ0v) is 12.0. The van der Waals surface area contributed by atoms with Crippen molar-refractivity contribution in [1.29, 1.82) is 0 Å². The summed E-state index contributed by atoms with van der Waals surface area (Å²) in [6.07, 6.45) is 3.28. The molecule has 0 aliphatic heterocycles. The van der Waals surface area contributed by atoms with Crippen molar-refractivity contribution in [3.05, 3.63) is 0 Å². The second-order valence-corrected chi connectivity index (χ2v) is 4.96. The Kier molecular flexibility index (Phi) is 7.64. The summed E-state index contributed by atoms with van der Waals surface area (Å²) >= 11 is 0. The average molecular weight is 258 g/mol. The van der Waals surface area contributed by atoms with Crippen LogP contribution in [0.3, 0.4) is 0 Å². The van der Waals surface area contributed by atoms with E-state index in [4.69, 9.17) is 4.74 Å². The van der Waals surface area contributed by atoms with Crippen LogP contribution in [0.25, 0.3) is 0 Å². The van der Waals surface area contributed by atoms with Crippen molar-refractivity contribution in [3.8, 4) is 0 Å². The van der Waals surface area contributed by atoms with E-state index in [1.807, 2.05) is 13.8 Å². The van der Waals surface area contributed by atoms with Gasteiger partial charge >= 0.3 is 11.9 Å². The molecule has 0 aromatic carbocycles. The maximum atomic E-state index is 12.0. The number of carbonyl (C=O) groups excluding carboxylic acids is 1. The number of hydrogen-bond acceptors (Lipinski definition) is 3. The average Bonchev–Trinajstić information content (AvgIpc) is 2.28. The molecule has 0 saturated carbocycles. The molecule has 0 aromatic rings. The third-order valence-electron chi connectivity index (χ3n) is 3.23. The van der Waals surface area contributed by atoms with Gasteiger partial charge in [-0.05, 0) is 25.7 Å². The van der Waals surface area contributed by atoms with Gasteiger partial charge in [-0.2, -0.15) is 0 Å². The van der Waals surface area contributed by atoms with Gasteiger partial charge in [0.25, 0.3) is 0 Å². The monoisotopic (exact) mass is 258 g/mol. The molecule has 4 nitrogen and oxygen atoms in total.